The number of pyridine rings is 1. The number of benzene rings is 1. The van der Waals surface area contributed by atoms with Gasteiger partial charge in [0.1, 0.15) is 17.2 Å². The Morgan fingerprint density at radius 3 is 2.82 bits per heavy atom. The van der Waals surface area contributed by atoms with Crippen LogP contribution in [-0.2, 0) is 11.3 Å². The van der Waals surface area contributed by atoms with Crippen molar-refractivity contribution >= 4 is 17.0 Å². The molecule has 7 heteroatoms. The van der Waals surface area contributed by atoms with Crippen LogP contribution >= 0.6 is 0 Å². The topological polar surface area (TPSA) is 57.0 Å². The van der Waals surface area contributed by atoms with Crippen LogP contribution in [0.4, 0.5) is 8.78 Å². The molecule has 0 bridgehead atoms. The lowest BCUT2D eigenvalue weighted by Gasteiger charge is -2.06. The van der Waals surface area contributed by atoms with Crippen molar-refractivity contribution in [1.29, 1.82) is 0 Å². The first-order chi connectivity index (χ1) is 10.6. The number of halogens is 2. The number of hydrogen-bond acceptors (Lipinski definition) is 4. The molecule has 5 nitrogen and oxygen atoms in total. The zero-order valence-electron chi connectivity index (χ0n) is 11.6. The maximum atomic E-state index is 13.7. The van der Waals surface area contributed by atoms with Gasteiger partial charge < -0.3 is 9.30 Å². The Labute approximate surface area is 124 Å². The van der Waals surface area contributed by atoms with E-state index in [-0.39, 0.29) is 12.2 Å². The van der Waals surface area contributed by atoms with Crippen molar-refractivity contribution < 1.29 is 18.3 Å². The molecule has 2 aromatic heterocycles. The van der Waals surface area contributed by atoms with Gasteiger partial charge in [0.2, 0.25) is 0 Å². The molecule has 0 radical (unpaired) electrons. The van der Waals surface area contributed by atoms with Gasteiger partial charge in [-0.05, 0) is 12.1 Å². The summed E-state index contributed by atoms with van der Waals surface area (Å²) in [6.07, 6.45) is 2.93. The Kier molecular flexibility index (Phi) is 3.54. The molecule has 0 N–H and O–H groups in total. The van der Waals surface area contributed by atoms with E-state index in [4.69, 9.17) is 0 Å². The number of aromatic nitrogens is 3. The third kappa shape index (κ3) is 2.41. The lowest BCUT2D eigenvalue weighted by Crippen LogP contribution is -2.06. The van der Waals surface area contributed by atoms with E-state index in [2.05, 4.69) is 14.7 Å². The molecule has 112 valence electrons. The number of hydrogen-bond donors (Lipinski definition) is 0. The molecule has 0 unspecified atom stereocenters. The van der Waals surface area contributed by atoms with E-state index in [1.165, 1.54) is 31.8 Å². The van der Waals surface area contributed by atoms with Crippen LogP contribution in [-0.4, -0.2) is 27.6 Å². The maximum Gasteiger partial charge on any atom is 0.359 e. The summed E-state index contributed by atoms with van der Waals surface area (Å²) < 4.78 is 33.0. The average Bonchev–Trinajstić information content (AvgIpc) is 2.92. The number of fused-ring (bicyclic) bond motifs is 1. The highest BCUT2D eigenvalue weighted by Crippen LogP contribution is 2.19. The first-order valence-corrected chi connectivity index (χ1v) is 6.42. The van der Waals surface area contributed by atoms with E-state index in [1.54, 1.807) is 10.6 Å². The number of carbonyl (C=O) groups excluding carboxylic acids is 1. The molecular formula is C15H11F2N3O2. The second-order valence-corrected chi connectivity index (χ2v) is 4.63. The van der Waals surface area contributed by atoms with Crippen LogP contribution in [0.1, 0.15) is 16.1 Å². The predicted octanol–water partition coefficient (Wildman–Crippen LogP) is 2.54. The summed E-state index contributed by atoms with van der Waals surface area (Å²) in [4.78, 5) is 19.7. The molecule has 3 aromatic rings. The van der Waals surface area contributed by atoms with E-state index < -0.39 is 17.6 Å². The molecule has 2 heterocycles. The fourth-order valence-electron chi connectivity index (χ4n) is 2.20. The highest BCUT2D eigenvalue weighted by molar-refractivity contribution is 5.99. The van der Waals surface area contributed by atoms with Gasteiger partial charge in [-0.2, -0.15) is 0 Å². The van der Waals surface area contributed by atoms with Crippen LogP contribution in [0.2, 0.25) is 0 Å². The van der Waals surface area contributed by atoms with Crippen molar-refractivity contribution in [3.8, 4) is 0 Å². The largest absolute Gasteiger partial charge is 0.464 e. The number of nitrogens with zero attached hydrogens (tertiary/aromatic N) is 3. The number of carbonyl (C=O) groups is 1. The fourth-order valence-corrected chi connectivity index (χ4v) is 2.20. The van der Waals surface area contributed by atoms with Crippen molar-refractivity contribution in [2.75, 3.05) is 7.11 Å². The van der Waals surface area contributed by atoms with Crippen molar-refractivity contribution in [1.82, 2.24) is 14.5 Å². The first-order valence-electron chi connectivity index (χ1n) is 6.42. The predicted molar refractivity (Wildman–Crippen MR) is 74.3 cm³/mol. The van der Waals surface area contributed by atoms with Gasteiger partial charge >= 0.3 is 5.97 Å². The van der Waals surface area contributed by atoms with Gasteiger partial charge in [-0.15, -0.1) is 0 Å². The number of rotatable bonds is 3. The smallest absolute Gasteiger partial charge is 0.359 e. The lowest BCUT2D eigenvalue weighted by atomic mass is 10.2. The monoisotopic (exact) mass is 303 g/mol. The second kappa shape index (κ2) is 5.51. The van der Waals surface area contributed by atoms with Gasteiger partial charge in [-0.25, -0.2) is 23.5 Å². The molecular weight excluding hydrogens is 292 g/mol. The maximum absolute atomic E-state index is 13.7. The van der Waals surface area contributed by atoms with E-state index in [0.29, 0.717) is 16.6 Å². The minimum Gasteiger partial charge on any atom is -0.464 e. The van der Waals surface area contributed by atoms with Gasteiger partial charge in [-0.1, -0.05) is 6.07 Å². The summed E-state index contributed by atoms with van der Waals surface area (Å²) in [6.45, 7) is 0.160. The zero-order chi connectivity index (χ0) is 15.7. The molecule has 0 saturated heterocycles. The Morgan fingerprint density at radius 1 is 1.27 bits per heavy atom. The van der Waals surface area contributed by atoms with Crippen molar-refractivity contribution in [3.05, 3.63) is 59.7 Å². The van der Waals surface area contributed by atoms with E-state index in [0.717, 1.165) is 6.07 Å². The second-order valence-electron chi connectivity index (χ2n) is 4.63. The third-order valence-electron chi connectivity index (χ3n) is 3.27. The molecule has 0 aliphatic carbocycles. The molecule has 0 atom stereocenters. The summed E-state index contributed by atoms with van der Waals surface area (Å²) in [6, 6.07) is 5.06. The molecule has 22 heavy (non-hydrogen) atoms. The Hall–Kier alpha value is -2.83. The molecule has 0 aliphatic heterocycles. The summed E-state index contributed by atoms with van der Waals surface area (Å²) in [5.74, 6) is -1.86. The molecule has 0 fully saturated rings. The van der Waals surface area contributed by atoms with Crippen molar-refractivity contribution in [2.24, 2.45) is 0 Å². The molecule has 0 amide bonds. The van der Waals surface area contributed by atoms with Gasteiger partial charge in [0.15, 0.2) is 5.69 Å². The minimum atomic E-state index is -0.635. The summed E-state index contributed by atoms with van der Waals surface area (Å²) in [7, 11) is 1.26. The number of esters is 1. The third-order valence-corrected chi connectivity index (χ3v) is 3.27. The Balaban J connectivity index is 2.04. The average molecular weight is 303 g/mol. The molecule has 0 saturated carbocycles. The first kappa shape index (κ1) is 14.1. The minimum absolute atomic E-state index is 0.0957. The Bertz CT molecular complexity index is 861. The van der Waals surface area contributed by atoms with E-state index in [9.17, 15) is 13.6 Å². The number of ether oxygens (including phenoxy) is 1. The van der Waals surface area contributed by atoms with Gasteiger partial charge in [0.25, 0.3) is 0 Å². The zero-order valence-corrected chi connectivity index (χ0v) is 11.6. The van der Waals surface area contributed by atoms with Gasteiger partial charge in [0.05, 0.1) is 25.5 Å². The van der Waals surface area contributed by atoms with Crippen LogP contribution in [0.15, 0.2) is 36.8 Å². The van der Waals surface area contributed by atoms with Gasteiger partial charge in [0, 0.05) is 17.8 Å². The van der Waals surface area contributed by atoms with Gasteiger partial charge in [-0.3, -0.25) is 0 Å². The van der Waals surface area contributed by atoms with Crippen LogP contribution in [0.25, 0.3) is 11.0 Å². The quantitative estimate of drug-likeness (QED) is 0.698. The lowest BCUT2D eigenvalue weighted by molar-refractivity contribution is 0.0596. The standard InChI is InChI=1S/C15H11F2N3O2/c1-22-15(21)14-13-12(4-5-18-14)20(8-19-13)7-9-2-3-10(16)6-11(9)17/h2-6,8H,7H2,1H3. The highest BCUT2D eigenvalue weighted by atomic mass is 19.1. The van der Waals surface area contributed by atoms with Crippen molar-refractivity contribution in [2.45, 2.75) is 6.54 Å². The summed E-state index contributed by atoms with van der Waals surface area (Å²) >= 11 is 0. The van der Waals surface area contributed by atoms with E-state index >= 15 is 0 Å². The van der Waals surface area contributed by atoms with Crippen LogP contribution in [0, 0.1) is 11.6 Å². The summed E-state index contributed by atoms with van der Waals surface area (Å²) in [5.41, 5.74) is 1.39. The molecule has 0 aliphatic rings. The molecule has 1 aromatic carbocycles. The van der Waals surface area contributed by atoms with Crippen LogP contribution in [0.5, 0.6) is 0 Å². The van der Waals surface area contributed by atoms with Crippen LogP contribution in [0.3, 0.4) is 0 Å². The SMILES string of the molecule is COC(=O)c1nccc2c1ncn2Cc1ccc(F)cc1F. The molecule has 0 spiro atoms. The molecule has 3 rings (SSSR count). The number of methoxy groups -OCH3 is 1. The number of imidazole rings is 1. The van der Waals surface area contributed by atoms with Crippen LogP contribution < -0.4 is 0 Å². The van der Waals surface area contributed by atoms with Crippen molar-refractivity contribution in [3.63, 3.8) is 0 Å². The highest BCUT2D eigenvalue weighted by Gasteiger charge is 2.16. The Morgan fingerprint density at radius 2 is 2.09 bits per heavy atom. The summed E-state index contributed by atoms with van der Waals surface area (Å²) in [5, 5.41) is 0. The fraction of sp³-hybridized carbons (Fsp3) is 0.133. The van der Waals surface area contributed by atoms with E-state index in [1.807, 2.05) is 0 Å². The normalized spacial score (nSPS) is 10.9.